The number of hydrogen-bond donors (Lipinski definition) is 1. The maximum Gasteiger partial charge on any atom is 0.0568 e. The van der Waals surface area contributed by atoms with Crippen LogP contribution in [0, 0.1) is 6.92 Å². The van der Waals surface area contributed by atoms with E-state index in [9.17, 15) is 0 Å². The van der Waals surface area contributed by atoms with Crippen LogP contribution >= 0.6 is 43.5 Å². The fraction of sp³-hybridized carbons (Fsp3) is 0.143. The second-order valence-corrected chi connectivity index (χ2v) is 6.18. The summed E-state index contributed by atoms with van der Waals surface area (Å²) in [5.74, 6) is 0. The Morgan fingerprint density at radius 1 is 1.06 bits per heavy atom. The van der Waals surface area contributed by atoms with Crippen LogP contribution in [-0.2, 0) is 6.54 Å². The molecule has 94 valence electrons. The number of benzene rings is 2. The van der Waals surface area contributed by atoms with Crippen molar-refractivity contribution in [2.75, 3.05) is 5.32 Å². The standard InChI is InChI=1S/C14H12Br2ClN/c1-9-6-10(2-4-12(9)15)8-18-11-3-5-13(16)14(17)7-11/h2-7,18H,8H2,1H3. The monoisotopic (exact) mass is 387 g/mol. The van der Waals surface area contributed by atoms with Gasteiger partial charge in [0.15, 0.2) is 0 Å². The van der Waals surface area contributed by atoms with Gasteiger partial charge in [-0.3, -0.25) is 0 Å². The van der Waals surface area contributed by atoms with Crippen molar-refractivity contribution in [2.45, 2.75) is 13.5 Å². The molecule has 2 aromatic carbocycles. The first-order valence-electron chi connectivity index (χ1n) is 5.50. The van der Waals surface area contributed by atoms with Crippen LogP contribution in [0.25, 0.3) is 0 Å². The first-order valence-corrected chi connectivity index (χ1v) is 7.46. The highest BCUT2D eigenvalue weighted by Gasteiger charge is 2.00. The molecule has 0 radical (unpaired) electrons. The van der Waals surface area contributed by atoms with Crippen molar-refractivity contribution < 1.29 is 0 Å². The lowest BCUT2D eigenvalue weighted by atomic mass is 10.1. The van der Waals surface area contributed by atoms with Crippen molar-refractivity contribution in [3.63, 3.8) is 0 Å². The number of halogens is 3. The molecule has 2 aromatic rings. The van der Waals surface area contributed by atoms with Gasteiger partial charge in [0.2, 0.25) is 0 Å². The molecule has 2 rings (SSSR count). The molecule has 18 heavy (non-hydrogen) atoms. The van der Waals surface area contributed by atoms with Gasteiger partial charge >= 0.3 is 0 Å². The molecule has 0 spiro atoms. The van der Waals surface area contributed by atoms with E-state index in [1.807, 2.05) is 18.2 Å². The zero-order valence-corrected chi connectivity index (χ0v) is 13.7. The third-order valence-electron chi connectivity index (χ3n) is 2.64. The Kier molecular flexibility index (Phi) is 4.71. The van der Waals surface area contributed by atoms with E-state index < -0.39 is 0 Å². The summed E-state index contributed by atoms with van der Waals surface area (Å²) in [5, 5.41) is 4.07. The minimum absolute atomic E-state index is 0.715. The van der Waals surface area contributed by atoms with Crippen LogP contribution < -0.4 is 5.32 Å². The molecule has 0 amide bonds. The Bertz CT molecular complexity index is 518. The van der Waals surface area contributed by atoms with Crippen LogP contribution in [0.5, 0.6) is 0 Å². The quantitative estimate of drug-likeness (QED) is 0.701. The van der Waals surface area contributed by atoms with Crippen molar-refractivity contribution in [1.29, 1.82) is 0 Å². The molecule has 0 saturated carbocycles. The van der Waals surface area contributed by atoms with E-state index in [-0.39, 0.29) is 0 Å². The fourth-order valence-electron chi connectivity index (χ4n) is 1.63. The molecule has 0 saturated heterocycles. The van der Waals surface area contributed by atoms with Gasteiger partial charge in [-0.05, 0) is 58.2 Å². The van der Waals surface area contributed by atoms with Crippen LogP contribution in [0.3, 0.4) is 0 Å². The van der Waals surface area contributed by atoms with Gasteiger partial charge in [0, 0.05) is 21.2 Å². The molecule has 4 heteroatoms. The molecule has 0 atom stereocenters. The zero-order valence-electron chi connectivity index (χ0n) is 9.81. The normalized spacial score (nSPS) is 10.4. The van der Waals surface area contributed by atoms with Gasteiger partial charge in [0.1, 0.15) is 0 Å². The van der Waals surface area contributed by atoms with Crippen LogP contribution in [-0.4, -0.2) is 0 Å². The maximum absolute atomic E-state index is 6.05. The van der Waals surface area contributed by atoms with Crippen LogP contribution in [0.2, 0.25) is 5.02 Å². The Balaban J connectivity index is 2.06. The topological polar surface area (TPSA) is 12.0 Å². The first-order chi connectivity index (χ1) is 8.56. The highest BCUT2D eigenvalue weighted by molar-refractivity contribution is 9.10. The number of hydrogen-bond acceptors (Lipinski definition) is 1. The molecule has 0 bridgehead atoms. The van der Waals surface area contributed by atoms with E-state index in [0.717, 1.165) is 21.2 Å². The summed E-state index contributed by atoms with van der Waals surface area (Å²) in [6.07, 6.45) is 0. The third-order valence-corrected chi connectivity index (χ3v) is 4.76. The van der Waals surface area contributed by atoms with Crippen molar-refractivity contribution in [2.24, 2.45) is 0 Å². The Morgan fingerprint density at radius 2 is 1.78 bits per heavy atom. The lowest BCUT2D eigenvalue weighted by molar-refractivity contribution is 1.14. The lowest BCUT2D eigenvalue weighted by Gasteiger charge is -2.09. The SMILES string of the molecule is Cc1cc(CNc2ccc(Br)c(Cl)c2)ccc1Br. The minimum Gasteiger partial charge on any atom is -0.381 e. The number of rotatable bonds is 3. The number of aryl methyl sites for hydroxylation is 1. The van der Waals surface area contributed by atoms with Crippen LogP contribution in [0.15, 0.2) is 45.3 Å². The van der Waals surface area contributed by atoms with Gasteiger partial charge in [-0.15, -0.1) is 0 Å². The van der Waals surface area contributed by atoms with Crippen LogP contribution in [0.1, 0.15) is 11.1 Å². The van der Waals surface area contributed by atoms with Gasteiger partial charge in [0.25, 0.3) is 0 Å². The Labute approximate surface area is 129 Å². The predicted molar refractivity (Wildman–Crippen MR) is 85.4 cm³/mol. The molecular formula is C14H12Br2ClN. The molecule has 0 unspecified atom stereocenters. The molecule has 0 aromatic heterocycles. The van der Waals surface area contributed by atoms with Crippen LogP contribution in [0.4, 0.5) is 5.69 Å². The summed E-state index contributed by atoms with van der Waals surface area (Å²) in [6, 6.07) is 12.2. The summed E-state index contributed by atoms with van der Waals surface area (Å²) >= 11 is 12.9. The summed E-state index contributed by atoms with van der Waals surface area (Å²) in [6.45, 7) is 2.87. The maximum atomic E-state index is 6.05. The lowest BCUT2D eigenvalue weighted by Crippen LogP contribution is -1.99. The van der Waals surface area contributed by atoms with Crippen molar-refractivity contribution in [1.82, 2.24) is 0 Å². The zero-order chi connectivity index (χ0) is 13.1. The summed E-state index contributed by atoms with van der Waals surface area (Å²) in [5.41, 5.74) is 3.50. The molecule has 0 fully saturated rings. The average Bonchev–Trinajstić information content (AvgIpc) is 2.35. The average molecular weight is 390 g/mol. The van der Waals surface area contributed by atoms with E-state index in [1.165, 1.54) is 11.1 Å². The highest BCUT2D eigenvalue weighted by atomic mass is 79.9. The van der Waals surface area contributed by atoms with Crippen molar-refractivity contribution >= 4 is 49.1 Å². The molecule has 0 heterocycles. The van der Waals surface area contributed by atoms with Crippen molar-refractivity contribution in [3.05, 3.63) is 61.5 Å². The van der Waals surface area contributed by atoms with Gasteiger partial charge < -0.3 is 5.32 Å². The Hall–Kier alpha value is -0.510. The first kappa shape index (κ1) is 13.9. The van der Waals surface area contributed by atoms with Crippen molar-refractivity contribution in [3.8, 4) is 0 Å². The van der Waals surface area contributed by atoms with E-state index in [1.54, 1.807) is 0 Å². The summed E-state index contributed by atoms with van der Waals surface area (Å²) in [4.78, 5) is 0. The van der Waals surface area contributed by atoms with E-state index in [2.05, 4.69) is 62.3 Å². The number of nitrogens with one attached hydrogen (secondary N) is 1. The van der Waals surface area contributed by atoms with E-state index in [0.29, 0.717) is 5.02 Å². The smallest absolute Gasteiger partial charge is 0.0568 e. The Morgan fingerprint density at radius 3 is 2.44 bits per heavy atom. The second kappa shape index (κ2) is 6.09. The van der Waals surface area contributed by atoms with E-state index >= 15 is 0 Å². The second-order valence-electron chi connectivity index (χ2n) is 4.07. The minimum atomic E-state index is 0.715. The summed E-state index contributed by atoms with van der Waals surface area (Å²) in [7, 11) is 0. The van der Waals surface area contributed by atoms with Gasteiger partial charge in [-0.2, -0.15) is 0 Å². The molecule has 0 aliphatic heterocycles. The molecule has 1 nitrogen and oxygen atoms in total. The third kappa shape index (κ3) is 3.50. The molecular weight excluding hydrogens is 377 g/mol. The van der Waals surface area contributed by atoms with Gasteiger partial charge in [-0.1, -0.05) is 39.7 Å². The summed E-state index contributed by atoms with van der Waals surface area (Å²) < 4.78 is 2.05. The fourth-order valence-corrected chi connectivity index (χ4v) is 2.30. The van der Waals surface area contributed by atoms with Gasteiger partial charge in [-0.25, -0.2) is 0 Å². The van der Waals surface area contributed by atoms with E-state index in [4.69, 9.17) is 11.6 Å². The highest BCUT2D eigenvalue weighted by Crippen LogP contribution is 2.26. The predicted octanol–water partition coefficient (Wildman–Crippen LogP) is 5.79. The number of anilines is 1. The molecule has 0 aliphatic rings. The van der Waals surface area contributed by atoms with Gasteiger partial charge in [0.05, 0.1) is 5.02 Å². The molecule has 1 N–H and O–H groups in total. The molecule has 0 aliphatic carbocycles. The largest absolute Gasteiger partial charge is 0.381 e.